The van der Waals surface area contributed by atoms with Gasteiger partial charge < -0.3 is 15.0 Å². The van der Waals surface area contributed by atoms with Gasteiger partial charge >= 0.3 is 5.97 Å². The first kappa shape index (κ1) is 14.3. The largest absolute Gasteiger partial charge is 0.462 e. The fraction of sp³-hybridized carbons (Fsp3) is 0.500. The van der Waals surface area contributed by atoms with E-state index in [1.807, 2.05) is 11.8 Å². The molecule has 108 valence electrons. The number of hydrogen-bond acceptors (Lipinski definition) is 5. The molecule has 1 aromatic heterocycles. The normalized spacial score (nSPS) is 18.6. The maximum Gasteiger partial charge on any atom is 0.339 e. The second kappa shape index (κ2) is 6.36. The molecule has 2 rings (SSSR count). The molecule has 1 unspecified atom stereocenters. The van der Waals surface area contributed by atoms with Crippen molar-refractivity contribution in [3.05, 3.63) is 23.9 Å². The van der Waals surface area contributed by atoms with Gasteiger partial charge in [0.1, 0.15) is 11.9 Å². The average molecular weight is 277 g/mol. The summed E-state index contributed by atoms with van der Waals surface area (Å²) in [6.07, 6.45) is 2.21. The number of aromatic nitrogens is 1. The van der Waals surface area contributed by atoms with E-state index in [0.717, 1.165) is 6.54 Å². The van der Waals surface area contributed by atoms with Crippen molar-refractivity contribution in [1.29, 1.82) is 0 Å². The number of ether oxygens (including phenoxy) is 1. The molecule has 1 aliphatic heterocycles. The van der Waals surface area contributed by atoms with Gasteiger partial charge in [-0.1, -0.05) is 6.92 Å². The fourth-order valence-corrected chi connectivity index (χ4v) is 2.29. The van der Waals surface area contributed by atoms with E-state index in [-0.39, 0.29) is 17.9 Å². The van der Waals surface area contributed by atoms with E-state index >= 15 is 0 Å². The van der Waals surface area contributed by atoms with Gasteiger partial charge in [-0.2, -0.15) is 0 Å². The van der Waals surface area contributed by atoms with Gasteiger partial charge in [-0.25, -0.2) is 9.78 Å². The lowest BCUT2D eigenvalue weighted by Gasteiger charge is -2.35. The molecule has 0 spiro atoms. The number of nitrogens with zero attached hydrogens (tertiary/aromatic N) is 2. The number of pyridine rings is 1. The lowest BCUT2D eigenvalue weighted by Crippen LogP contribution is -2.55. The fourth-order valence-electron chi connectivity index (χ4n) is 2.29. The Morgan fingerprint density at radius 3 is 2.90 bits per heavy atom. The van der Waals surface area contributed by atoms with Crippen molar-refractivity contribution in [1.82, 2.24) is 10.3 Å². The van der Waals surface area contributed by atoms with Gasteiger partial charge in [0.25, 0.3) is 0 Å². The van der Waals surface area contributed by atoms with Crippen LogP contribution in [0.2, 0.25) is 0 Å². The Hall–Kier alpha value is -2.11. The van der Waals surface area contributed by atoms with Crippen LogP contribution < -0.4 is 10.2 Å². The summed E-state index contributed by atoms with van der Waals surface area (Å²) < 4.78 is 4.92. The monoisotopic (exact) mass is 277 g/mol. The molecule has 1 aliphatic rings. The van der Waals surface area contributed by atoms with Crippen LogP contribution in [0.3, 0.4) is 0 Å². The first-order chi connectivity index (χ1) is 9.67. The van der Waals surface area contributed by atoms with Crippen molar-refractivity contribution in [3.8, 4) is 0 Å². The summed E-state index contributed by atoms with van der Waals surface area (Å²) in [5.74, 6) is 0.352. The van der Waals surface area contributed by atoms with E-state index in [0.29, 0.717) is 31.0 Å². The predicted molar refractivity (Wildman–Crippen MR) is 74.6 cm³/mol. The smallest absolute Gasteiger partial charge is 0.339 e. The minimum absolute atomic E-state index is 0.0232. The van der Waals surface area contributed by atoms with E-state index < -0.39 is 0 Å². The highest BCUT2D eigenvalue weighted by molar-refractivity contribution is 5.89. The van der Waals surface area contributed by atoms with Crippen LogP contribution in [0.4, 0.5) is 5.82 Å². The Morgan fingerprint density at radius 2 is 2.30 bits per heavy atom. The third-order valence-corrected chi connectivity index (χ3v) is 3.27. The molecule has 20 heavy (non-hydrogen) atoms. The van der Waals surface area contributed by atoms with Gasteiger partial charge in [0.05, 0.1) is 12.2 Å². The van der Waals surface area contributed by atoms with Crippen LogP contribution in [0.5, 0.6) is 0 Å². The lowest BCUT2D eigenvalue weighted by molar-refractivity contribution is -0.123. The standard InChI is InChI=1S/C14H19N3O3/c1-3-11-13(18)15-7-8-17(11)12-6-5-10(9-16-12)14(19)20-4-2/h5-6,9,11H,3-4,7-8H2,1-2H3,(H,15,18). The van der Waals surface area contributed by atoms with Crippen LogP contribution in [0.1, 0.15) is 30.6 Å². The van der Waals surface area contributed by atoms with Crippen molar-refractivity contribution >= 4 is 17.7 Å². The number of anilines is 1. The first-order valence-electron chi connectivity index (χ1n) is 6.84. The summed E-state index contributed by atoms with van der Waals surface area (Å²) in [7, 11) is 0. The summed E-state index contributed by atoms with van der Waals surface area (Å²) in [6, 6.07) is 3.23. The van der Waals surface area contributed by atoms with Crippen molar-refractivity contribution in [2.75, 3.05) is 24.6 Å². The van der Waals surface area contributed by atoms with Gasteiger partial charge in [-0.15, -0.1) is 0 Å². The summed E-state index contributed by atoms with van der Waals surface area (Å²) in [5, 5.41) is 2.85. The summed E-state index contributed by atoms with van der Waals surface area (Å²) in [4.78, 5) is 29.6. The van der Waals surface area contributed by atoms with Gasteiger partial charge in [0.15, 0.2) is 0 Å². The molecule has 0 bridgehead atoms. The first-order valence-corrected chi connectivity index (χ1v) is 6.84. The Kier molecular flexibility index (Phi) is 4.55. The van der Waals surface area contributed by atoms with Gasteiger partial charge in [-0.3, -0.25) is 4.79 Å². The highest BCUT2D eigenvalue weighted by atomic mass is 16.5. The SMILES string of the molecule is CCOC(=O)c1ccc(N2CCNC(=O)C2CC)nc1. The Bertz CT molecular complexity index is 487. The quantitative estimate of drug-likeness (QED) is 0.830. The van der Waals surface area contributed by atoms with Crippen LogP contribution in [0.25, 0.3) is 0 Å². The van der Waals surface area contributed by atoms with Gasteiger partial charge in [0, 0.05) is 19.3 Å². The molecule has 1 aromatic rings. The van der Waals surface area contributed by atoms with E-state index in [4.69, 9.17) is 4.74 Å². The number of hydrogen-bond donors (Lipinski definition) is 1. The molecule has 6 heteroatoms. The van der Waals surface area contributed by atoms with Crippen LogP contribution in [0, 0.1) is 0 Å². The number of piperazine rings is 1. The number of esters is 1. The highest BCUT2D eigenvalue weighted by Gasteiger charge is 2.28. The van der Waals surface area contributed by atoms with E-state index in [2.05, 4.69) is 10.3 Å². The van der Waals surface area contributed by atoms with Crippen molar-refractivity contribution in [2.45, 2.75) is 26.3 Å². The molecule has 0 radical (unpaired) electrons. The van der Waals surface area contributed by atoms with Crippen LogP contribution in [0.15, 0.2) is 18.3 Å². The summed E-state index contributed by atoms with van der Waals surface area (Å²) >= 11 is 0. The maximum absolute atomic E-state index is 11.8. The molecular formula is C14H19N3O3. The third-order valence-electron chi connectivity index (χ3n) is 3.27. The molecule has 1 atom stereocenters. The highest BCUT2D eigenvalue weighted by Crippen LogP contribution is 2.18. The number of nitrogens with one attached hydrogen (secondary N) is 1. The molecule has 1 amide bonds. The van der Waals surface area contributed by atoms with E-state index in [1.165, 1.54) is 6.20 Å². The van der Waals surface area contributed by atoms with Crippen LogP contribution >= 0.6 is 0 Å². The zero-order chi connectivity index (χ0) is 14.5. The number of carbonyl (C=O) groups excluding carboxylic acids is 2. The zero-order valence-corrected chi connectivity index (χ0v) is 11.8. The Balaban J connectivity index is 2.16. The Morgan fingerprint density at radius 1 is 1.50 bits per heavy atom. The predicted octanol–water partition coefficient (Wildman–Crippen LogP) is 0.973. The van der Waals surface area contributed by atoms with Gasteiger partial charge in [-0.05, 0) is 25.5 Å². The van der Waals surface area contributed by atoms with Crippen LogP contribution in [-0.4, -0.2) is 42.6 Å². The molecule has 0 aliphatic carbocycles. The van der Waals surface area contributed by atoms with Gasteiger partial charge in [0.2, 0.25) is 5.91 Å². The van der Waals surface area contributed by atoms with Crippen molar-refractivity contribution in [2.24, 2.45) is 0 Å². The summed E-state index contributed by atoms with van der Waals surface area (Å²) in [6.45, 7) is 5.39. The molecule has 0 saturated carbocycles. The zero-order valence-electron chi connectivity index (χ0n) is 11.8. The minimum atomic E-state index is -0.380. The molecule has 2 heterocycles. The number of amides is 1. The van der Waals surface area contributed by atoms with E-state index in [9.17, 15) is 9.59 Å². The molecule has 1 fully saturated rings. The third kappa shape index (κ3) is 2.89. The minimum Gasteiger partial charge on any atom is -0.462 e. The molecule has 1 N–H and O–H groups in total. The number of carbonyl (C=O) groups is 2. The maximum atomic E-state index is 11.8. The molecular weight excluding hydrogens is 258 g/mol. The van der Waals surface area contributed by atoms with Crippen LogP contribution in [-0.2, 0) is 9.53 Å². The molecule has 6 nitrogen and oxygen atoms in total. The molecule has 0 aromatic carbocycles. The van der Waals surface area contributed by atoms with Crippen molar-refractivity contribution in [3.63, 3.8) is 0 Å². The number of rotatable bonds is 4. The molecule has 1 saturated heterocycles. The summed E-state index contributed by atoms with van der Waals surface area (Å²) in [5.41, 5.74) is 0.421. The second-order valence-electron chi connectivity index (χ2n) is 4.53. The van der Waals surface area contributed by atoms with E-state index in [1.54, 1.807) is 19.1 Å². The lowest BCUT2D eigenvalue weighted by atomic mass is 10.1. The average Bonchev–Trinajstić information content (AvgIpc) is 2.47. The Labute approximate surface area is 118 Å². The second-order valence-corrected chi connectivity index (χ2v) is 4.53. The topological polar surface area (TPSA) is 71.5 Å². The van der Waals surface area contributed by atoms with Crippen molar-refractivity contribution < 1.29 is 14.3 Å².